The molecule has 0 unspecified atom stereocenters. The zero-order valence-corrected chi connectivity index (χ0v) is 18.2. The maximum absolute atomic E-state index is 13.2. The minimum absolute atomic E-state index is 0.00875. The van der Waals surface area contributed by atoms with Gasteiger partial charge in [-0.2, -0.15) is 5.10 Å². The summed E-state index contributed by atoms with van der Waals surface area (Å²) in [5, 5.41) is 10.5. The Balaban J connectivity index is 1.45. The molecule has 162 valence electrons. The van der Waals surface area contributed by atoms with Gasteiger partial charge in [0.1, 0.15) is 5.82 Å². The van der Waals surface area contributed by atoms with Crippen molar-refractivity contribution in [1.82, 2.24) is 25.0 Å². The van der Waals surface area contributed by atoms with E-state index in [1.807, 2.05) is 56.7 Å². The zero-order valence-electron chi connectivity index (χ0n) is 18.2. The summed E-state index contributed by atoms with van der Waals surface area (Å²) >= 11 is 0. The highest BCUT2D eigenvalue weighted by atomic mass is 16.2. The molecule has 7 heteroatoms. The van der Waals surface area contributed by atoms with E-state index in [0.29, 0.717) is 12.1 Å². The number of hydrogen-bond donors (Lipinski definition) is 2. The minimum atomic E-state index is 0.00875. The number of likely N-dealkylation sites (tertiary alicyclic amines) is 1. The number of H-pyrrole nitrogens is 1. The number of piperidine rings is 1. The van der Waals surface area contributed by atoms with Gasteiger partial charge in [-0.3, -0.25) is 14.8 Å². The van der Waals surface area contributed by atoms with Crippen LogP contribution in [0, 0.1) is 0 Å². The standard InChI is InChI=1S/C24H30N6O/c1-25-23-20(10-6-12-26-23)17-30-13-7-11-19(16-30)22-21(14-27-28-22)24(31)29(2)15-18-8-4-3-5-9-18/h3-6,8-10,12,14,19H,7,11,13,15-17H2,1-2H3,(H,25,26)(H,27,28)/t19-/m1/s1. The first-order valence-corrected chi connectivity index (χ1v) is 10.8. The smallest absolute Gasteiger partial charge is 0.257 e. The van der Waals surface area contributed by atoms with E-state index in [0.717, 1.165) is 49.6 Å². The third-order valence-electron chi connectivity index (χ3n) is 5.94. The first-order valence-electron chi connectivity index (χ1n) is 10.8. The zero-order chi connectivity index (χ0) is 21.6. The Labute approximate surface area is 183 Å². The molecule has 0 bridgehead atoms. The van der Waals surface area contributed by atoms with Gasteiger partial charge in [0.05, 0.1) is 17.5 Å². The van der Waals surface area contributed by atoms with Crippen LogP contribution in [0.3, 0.4) is 0 Å². The molecule has 0 aliphatic carbocycles. The Kier molecular flexibility index (Phi) is 6.62. The van der Waals surface area contributed by atoms with Crippen LogP contribution in [0.15, 0.2) is 54.9 Å². The molecule has 0 saturated carbocycles. The van der Waals surface area contributed by atoms with Crippen LogP contribution in [-0.2, 0) is 13.1 Å². The van der Waals surface area contributed by atoms with E-state index in [-0.39, 0.29) is 11.8 Å². The lowest BCUT2D eigenvalue weighted by Gasteiger charge is -2.33. The van der Waals surface area contributed by atoms with Gasteiger partial charge < -0.3 is 10.2 Å². The number of aromatic amines is 1. The average Bonchev–Trinajstić information content (AvgIpc) is 3.30. The number of anilines is 1. The van der Waals surface area contributed by atoms with E-state index in [9.17, 15) is 4.79 Å². The summed E-state index contributed by atoms with van der Waals surface area (Å²) in [6.07, 6.45) is 5.63. The molecule has 2 aromatic heterocycles. The number of rotatable bonds is 7. The Morgan fingerprint density at radius 3 is 2.90 bits per heavy atom. The van der Waals surface area contributed by atoms with Crippen molar-refractivity contribution in [3.63, 3.8) is 0 Å². The highest BCUT2D eigenvalue weighted by Crippen LogP contribution is 2.30. The van der Waals surface area contributed by atoms with E-state index in [1.54, 1.807) is 11.1 Å². The molecular formula is C24H30N6O. The molecule has 3 heterocycles. The average molecular weight is 419 g/mol. The highest BCUT2D eigenvalue weighted by molar-refractivity contribution is 5.95. The van der Waals surface area contributed by atoms with Gasteiger partial charge in [0.2, 0.25) is 0 Å². The van der Waals surface area contributed by atoms with Gasteiger partial charge in [-0.25, -0.2) is 4.98 Å². The van der Waals surface area contributed by atoms with E-state index in [2.05, 4.69) is 31.5 Å². The van der Waals surface area contributed by atoms with Crippen LogP contribution in [0.1, 0.15) is 45.9 Å². The molecule has 31 heavy (non-hydrogen) atoms. The Bertz CT molecular complexity index is 1000. The molecule has 7 nitrogen and oxygen atoms in total. The SMILES string of the molecule is CNc1ncccc1CN1CCC[C@@H](c2[nH]ncc2C(=O)N(C)Cc2ccccc2)C1. The van der Waals surface area contributed by atoms with E-state index in [1.165, 1.54) is 5.56 Å². The Morgan fingerprint density at radius 1 is 1.26 bits per heavy atom. The quantitative estimate of drug-likeness (QED) is 0.614. The van der Waals surface area contributed by atoms with Gasteiger partial charge >= 0.3 is 0 Å². The van der Waals surface area contributed by atoms with Crippen molar-refractivity contribution in [3.05, 3.63) is 77.2 Å². The van der Waals surface area contributed by atoms with Crippen molar-refractivity contribution in [2.45, 2.75) is 31.8 Å². The summed E-state index contributed by atoms with van der Waals surface area (Å²) in [7, 11) is 3.75. The number of nitrogens with zero attached hydrogens (tertiary/aromatic N) is 4. The fourth-order valence-electron chi connectivity index (χ4n) is 4.38. The third-order valence-corrected chi connectivity index (χ3v) is 5.94. The molecule has 1 fully saturated rings. The number of hydrogen-bond acceptors (Lipinski definition) is 5. The molecule has 1 aliphatic rings. The van der Waals surface area contributed by atoms with Gasteiger partial charge in [-0.1, -0.05) is 36.4 Å². The van der Waals surface area contributed by atoms with E-state index in [4.69, 9.17) is 0 Å². The fourth-order valence-corrected chi connectivity index (χ4v) is 4.38. The van der Waals surface area contributed by atoms with Gasteiger partial charge in [0.15, 0.2) is 0 Å². The summed E-state index contributed by atoms with van der Waals surface area (Å²) in [5.41, 5.74) is 3.94. The molecule has 0 radical (unpaired) electrons. The summed E-state index contributed by atoms with van der Waals surface area (Å²) in [5.74, 6) is 1.19. The van der Waals surface area contributed by atoms with E-state index < -0.39 is 0 Å². The predicted molar refractivity (Wildman–Crippen MR) is 122 cm³/mol. The monoisotopic (exact) mass is 418 g/mol. The number of benzene rings is 1. The second-order valence-electron chi connectivity index (χ2n) is 8.18. The molecule has 1 aromatic carbocycles. The molecule has 4 rings (SSSR count). The van der Waals surface area contributed by atoms with Crippen LogP contribution in [0.4, 0.5) is 5.82 Å². The Hall–Kier alpha value is -3.19. The van der Waals surface area contributed by atoms with Gasteiger partial charge in [0.25, 0.3) is 5.91 Å². The summed E-state index contributed by atoms with van der Waals surface area (Å²) < 4.78 is 0. The molecule has 2 N–H and O–H groups in total. The first kappa shape index (κ1) is 21.1. The van der Waals surface area contributed by atoms with Gasteiger partial charge in [0, 0.05) is 51.4 Å². The molecule has 1 aliphatic heterocycles. The van der Waals surface area contributed by atoms with Crippen LogP contribution in [0.5, 0.6) is 0 Å². The summed E-state index contributed by atoms with van der Waals surface area (Å²) in [6.45, 7) is 3.35. The van der Waals surface area contributed by atoms with Crippen LogP contribution in [-0.4, -0.2) is 58.1 Å². The van der Waals surface area contributed by atoms with Gasteiger partial charge in [-0.15, -0.1) is 0 Å². The van der Waals surface area contributed by atoms with Crippen molar-refractivity contribution in [3.8, 4) is 0 Å². The first-order chi connectivity index (χ1) is 15.2. The largest absolute Gasteiger partial charge is 0.373 e. The van der Waals surface area contributed by atoms with Crippen molar-refractivity contribution < 1.29 is 4.79 Å². The topological polar surface area (TPSA) is 77.1 Å². The van der Waals surface area contributed by atoms with Crippen LogP contribution in [0.2, 0.25) is 0 Å². The lowest BCUT2D eigenvalue weighted by Crippen LogP contribution is -2.35. The maximum atomic E-state index is 13.2. The maximum Gasteiger partial charge on any atom is 0.257 e. The summed E-state index contributed by atoms with van der Waals surface area (Å²) in [4.78, 5) is 21.8. The highest BCUT2D eigenvalue weighted by Gasteiger charge is 2.28. The number of nitrogens with one attached hydrogen (secondary N) is 2. The van der Waals surface area contributed by atoms with Crippen molar-refractivity contribution >= 4 is 11.7 Å². The minimum Gasteiger partial charge on any atom is -0.373 e. The molecular weight excluding hydrogens is 388 g/mol. The number of amides is 1. The van der Waals surface area contributed by atoms with Crippen LogP contribution >= 0.6 is 0 Å². The molecule has 3 aromatic rings. The molecule has 0 spiro atoms. The van der Waals surface area contributed by atoms with Crippen LogP contribution in [0.25, 0.3) is 0 Å². The lowest BCUT2D eigenvalue weighted by atomic mass is 9.92. The second kappa shape index (κ2) is 9.75. The summed E-state index contributed by atoms with van der Waals surface area (Å²) in [6, 6.07) is 14.1. The van der Waals surface area contributed by atoms with Gasteiger partial charge in [-0.05, 0) is 31.0 Å². The fraction of sp³-hybridized carbons (Fsp3) is 0.375. The number of aromatic nitrogens is 3. The molecule has 1 atom stereocenters. The van der Waals surface area contributed by atoms with E-state index >= 15 is 0 Å². The number of pyridine rings is 1. The molecule has 1 saturated heterocycles. The second-order valence-corrected chi connectivity index (χ2v) is 8.18. The number of carbonyl (C=O) groups is 1. The van der Waals surface area contributed by atoms with Crippen molar-refractivity contribution in [2.24, 2.45) is 0 Å². The van der Waals surface area contributed by atoms with Crippen molar-refractivity contribution in [2.75, 3.05) is 32.5 Å². The van der Waals surface area contributed by atoms with Crippen molar-refractivity contribution in [1.29, 1.82) is 0 Å². The van der Waals surface area contributed by atoms with Crippen LogP contribution < -0.4 is 5.32 Å². The Morgan fingerprint density at radius 2 is 2.10 bits per heavy atom. The number of carbonyl (C=O) groups excluding carboxylic acids is 1. The third kappa shape index (κ3) is 4.94. The normalized spacial score (nSPS) is 16.8. The predicted octanol–water partition coefficient (Wildman–Crippen LogP) is 3.50. The molecule has 1 amide bonds. The lowest BCUT2D eigenvalue weighted by molar-refractivity contribution is 0.0782.